The molecule has 0 aliphatic carbocycles. The molecule has 5 rings (SSSR count). The molecule has 0 bridgehead atoms. The van der Waals surface area contributed by atoms with E-state index in [1.54, 1.807) is 6.33 Å². The second kappa shape index (κ2) is 7.96. The number of aromatic nitrogens is 3. The molecule has 2 aromatic carbocycles. The number of nitrogens with one attached hydrogen (secondary N) is 1. The Hall–Kier alpha value is -3.33. The lowest BCUT2D eigenvalue weighted by atomic mass is 10.2. The average Bonchev–Trinajstić information content (AvgIpc) is 3.33. The topological polar surface area (TPSA) is 42.7 Å². The molecule has 1 N–H and O–H groups in total. The fraction of sp³-hybridized carbons (Fsp3) is 0.0435. The Morgan fingerprint density at radius 1 is 1.03 bits per heavy atom. The van der Waals surface area contributed by atoms with Crippen LogP contribution >= 0.6 is 23.7 Å². The molecule has 0 unspecified atom stereocenters. The normalized spacial score (nSPS) is 10.6. The maximum atomic E-state index is 5.53. The molecule has 6 heteroatoms. The van der Waals surface area contributed by atoms with Gasteiger partial charge in [-0.3, -0.25) is 0 Å². The van der Waals surface area contributed by atoms with Gasteiger partial charge in [-0.05, 0) is 35.9 Å². The molecule has 3 heterocycles. The quantitative estimate of drug-likeness (QED) is 0.374. The van der Waals surface area contributed by atoms with Gasteiger partial charge in [0.2, 0.25) is 0 Å². The molecule has 0 saturated carbocycles. The average molecular weight is 417 g/mol. The van der Waals surface area contributed by atoms with Gasteiger partial charge < -0.3 is 9.88 Å². The van der Waals surface area contributed by atoms with Crippen molar-refractivity contribution < 1.29 is 0 Å². The van der Waals surface area contributed by atoms with Crippen LogP contribution in [0.15, 0.2) is 73.2 Å². The fourth-order valence-corrected chi connectivity index (χ4v) is 4.21. The number of thiophene rings is 1. The Morgan fingerprint density at radius 2 is 1.90 bits per heavy atom. The predicted octanol–water partition coefficient (Wildman–Crippen LogP) is 5.84. The van der Waals surface area contributed by atoms with Gasteiger partial charge in [-0.25, -0.2) is 9.97 Å². The van der Waals surface area contributed by atoms with Crippen molar-refractivity contribution in [2.24, 2.45) is 0 Å². The maximum Gasteiger partial charge on any atom is 0.151 e. The van der Waals surface area contributed by atoms with E-state index >= 15 is 0 Å². The minimum absolute atomic E-state index is 0. The van der Waals surface area contributed by atoms with Crippen molar-refractivity contribution in [3.63, 3.8) is 0 Å². The van der Waals surface area contributed by atoms with Crippen LogP contribution in [0.3, 0.4) is 0 Å². The van der Waals surface area contributed by atoms with Gasteiger partial charge >= 0.3 is 0 Å². The van der Waals surface area contributed by atoms with Gasteiger partial charge in [-0.1, -0.05) is 36.3 Å². The number of nitrogens with zero attached hydrogens (tertiary/aromatic N) is 3. The molecule has 0 spiro atoms. The number of anilines is 2. The number of hydrogen-bond acceptors (Lipinski definition) is 4. The SMILES string of the molecule is C#Cc1cc2ncnc(Nc3ccc4c(ccn4Cc4ccccc4)c3)c2s1.Cl. The van der Waals surface area contributed by atoms with E-state index in [0.29, 0.717) is 0 Å². The van der Waals surface area contributed by atoms with Crippen LogP contribution in [0.1, 0.15) is 10.4 Å². The lowest BCUT2D eigenvalue weighted by Crippen LogP contribution is -1.98. The second-order valence-corrected chi connectivity index (χ2v) is 7.57. The summed E-state index contributed by atoms with van der Waals surface area (Å²) < 4.78 is 3.23. The Kier molecular flexibility index (Phi) is 5.22. The molecule has 0 saturated heterocycles. The summed E-state index contributed by atoms with van der Waals surface area (Å²) in [5.41, 5.74) is 4.34. The number of rotatable bonds is 4. The van der Waals surface area contributed by atoms with Gasteiger partial charge in [0.05, 0.1) is 15.1 Å². The Bertz CT molecular complexity index is 1330. The van der Waals surface area contributed by atoms with E-state index < -0.39 is 0 Å². The standard InChI is InChI=1S/C23H16N4S.ClH/c1-2-19-13-20-22(28-19)23(25-15-24-20)26-18-8-9-21-17(12-18)10-11-27(21)14-16-6-4-3-5-7-16;/h1,3-13,15H,14H2,(H,24,25,26);1H. The van der Waals surface area contributed by atoms with Crippen LogP contribution < -0.4 is 5.32 Å². The molecule has 0 atom stereocenters. The van der Waals surface area contributed by atoms with Crippen molar-refractivity contribution in [2.45, 2.75) is 6.54 Å². The summed E-state index contributed by atoms with van der Waals surface area (Å²) in [6, 6.07) is 20.9. The number of fused-ring (bicyclic) bond motifs is 2. The van der Waals surface area contributed by atoms with E-state index in [2.05, 4.69) is 80.5 Å². The Balaban J connectivity index is 0.00000205. The van der Waals surface area contributed by atoms with Crippen LogP contribution in [-0.4, -0.2) is 14.5 Å². The summed E-state index contributed by atoms with van der Waals surface area (Å²) in [5.74, 6) is 3.45. The van der Waals surface area contributed by atoms with Crippen molar-refractivity contribution in [1.82, 2.24) is 14.5 Å². The lowest BCUT2D eigenvalue weighted by Gasteiger charge is -2.08. The van der Waals surface area contributed by atoms with Gasteiger partial charge in [0, 0.05) is 29.3 Å². The third-order valence-corrected chi connectivity index (χ3v) is 5.75. The van der Waals surface area contributed by atoms with Crippen molar-refractivity contribution in [3.8, 4) is 12.3 Å². The smallest absolute Gasteiger partial charge is 0.151 e. The van der Waals surface area contributed by atoms with E-state index in [4.69, 9.17) is 6.42 Å². The number of terminal acetylenes is 1. The Morgan fingerprint density at radius 3 is 2.72 bits per heavy atom. The van der Waals surface area contributed by atoms with E-state index in [1.165, 1.54) is 27.8 Å². The first-order valence-electron chi connectivity index (χ1n) is 8.91. The van der Waals surface area contributed by atoms with Crippen LogP contribution in [0.5, 0.6) is 0 Å². The second-order valence-electron chi connectivity index (χ2n) is 6.52. The van der Waals surface area contributed by atoms with E-state index in [9.17, 15) is 0 Å². The minimum Gasteiger partial charge on any atom is -0.343 e. The maximum absolute atomic E-state index is 5.53. The van der Waals surface area contributed by atoms with E-state index in [0.717, 1.165) is 33.1 Å². The van der Waals surface area contributed by atoms with Gasteiger partial charge in [-0.15, -0.1) is 30.2 Å². The summed E-state index contributed by atoms with van der Waals surface area (Å²) in [6.45, 7) is 0.855. The first-order valence-corrected chi connectivity index (χ1v) is 9.73. The third kappa shape index (κ3) is 3.68. The fourth-order valence-electron chi connectivity index (χ4n) is 3.35. The molecule has 0 radical (unpaired) electrons. The van der Waals surface area contributed by atoms with Gasteiger partial charge in [0.25, 0.3) is 0 Å². The van der Waals surface area contributed by atoms with E-state index in [-0.39, 0.29) is 12.4 Å². The summed E-state index contributed by atoms with van der Waals surface area (Å²) in [5, 5.41) is 4.60. The van der Waals surface area contributed by atoms with Crippen molar-refractivity contribution in [2.75, 3.05) is 5.32 Å². The number of benzene rings is 2. The van der Waals surface area contributed by atoms with E-state index in [1.807, 2.05) is 12.1 Å². The highest BCUT2D eigenvalue weighted by Crippen LogP contribution is 2.31. The first-order chi connectivity index (χ1) is 13.8. The molecule has 29 heavy (non-hydrogen) atoms. The van der Waals surface area contributed by atoms with Crippen LogP contribution in [0, 0.1) is 12.3 Å². The highest BCUT2D eigenvalue weighted by Gasteiger charge is 2.09. The number of halogens is 1. The molecule has 5 aromatic rings. The third-order valence-electron chi connectivity index (χ3n) is 4.68. The molecular formula is C23H17ClN4S. The highest BCUT2D eigenvalue weighted by atomic mass is 35.5. The van der Waals surface area contributed by atoms with Crippen molar-refractivity contribution in [3.05, 3.63) is 83.6 Å². The van der Waals surface area contributed by atoms with Gasteiger partial charge in [0.15, 0.2) is 5.82 Å². The van der Waals surface area contributed by atoms with Crippen LogP contribution in [-0.2, 0) is 6.54 Å². The summed E-state index contributed by atoms with van der Waals surface area (Å²) in [7, 11) is 0. The monoisotopic (exact) mass is 416 g/mol. The molecule has 0 amide bonds. The largest absolute Gasteiger partial charge is 0.343 e. The summed E-state index contributed by atoms with van der Waals surface area (Å²) >= 11 is 1.52. The first kappa shape index (κ1) is 19.0. The van der Waals surface area contributed by atoms with Gasteiger partial charge in [0.1, 0.15) is 6.33 Å². The highest BCUT2D eigenvalue weighted by molar-refractivity contribution is 7.20. The van der Waals surface area contributed by atoms with Crippen molar-refractivity contribution >= 4 is 56.4 Å². The Labute approximate surface area is 178 Å². The zero-order chi connectivity index (χ0) is 18.9. The van der Waals surface area contributed by atoms with Crippen molar-refractivity contribution in [1.29, 1.82) is 0 Å². The molecule has 0 fully saturated rings. The molecule has 142 valence electrons. The molecule has 0 aliphatic rings. The molecule has 3 aromatic heterocycles. The number of hydrogen-bond donors (Lipinski definition) is 1. The predicted molar refractivity (Wildman–Crippen MR) is 123 cm³/mol. The van der Waals surface area contributed by atoms with Crippen LogP contribution in [0.2, 0.25) is 0 Å². The molecule has 4 nitrogen and oxygen atoms in total. The lowest BCUT2D eigenvalue weighted by molar-refractivity contribution is 0.837. The summed E-state index contributed by atoms with van der Waals surface area (Å²) in [6.07, 6.45) is 9.22. The zero-order valence-electron chi connectivity index (χ0n) is 15.4. The summed E-state index contributed by atoms with van der Waals surface area (Å²) in [4.78, 5) is 9.56. The minimum atomic E-state index is 0. The van der Waals surface area contributed by atoms with Crippen LogP contribution in [0.25, 0.3) is 21.1 Å². The zero-order valence-corrected chi connectivity index (χ0v) is 17.0. The molecule has 0 aliphatic heterocycles. The van der Waals surface area contributed by atoms with Crippen LogP contribution in [0.4, 0.5) is 11.5 Å². The molecular weight excluding hydrogens is 400 g/mol. The van der Waals surface area contributed by atoms with Gasteiger partial charge in [-0.2, -0.15) is 0 Å².